The summed E-state index contributed by atoms with van der Waals surface area (Å²) in [6.45, 7) is 0. The summed E-state index contributed by atoms with van der Waals surface area (Å²) in [7, 11) is 0. The van der Waals surface area contributed by atoms with Gasteiger partial charge in [0.15, 0.2) is 5.82 Å². The number of carbonyl (C=O) groups is 1. The number of nitrogens with zero attached hydrogens (tertiary/aromatic N) is 1. The van der Waals surface area contributed by atoms with Crippen LogP contribution in [0.1, 0.15) is 10.4 Å². The lowest BCUT2D eigenvalue weighted by Crippen LogP contribution is -2.24. The summed E-state index contributed by atoms with van der Waals surface area (Å²) in [5.41, 5.74) is -1.04. The Bertz CT molecular complexity index is 376. The standard InChI is InChI=1S/C7H2BrF4NO/c8-6-4(9)3(1-2-13-6)5(14)7(10,11)12/h1-2H. The van der Waals surface area contributed by atoms with E-state index >= 15 is 0 Å². The topological polar surface area (TPSA) is 30.0 Å². The summed E-state index contributed by atoms with van der Waals surface area (Å²) >= 11 is 2.58. The van der Waals surface area contributed by atoms with Crippen molar-refractivity contribution in [1.29, 1.82) is 0 Å². The Morgan fingerprint density at radius 1 is 1.43 bits per heavy atom. The molecule has 0 bridgehead atoms. The summed E-state index contributed by atoms with van der Waals surface area (Å²) < 4.78 is 48.2. The van der Waals surface area contributed by atoms with Gasteiger partial charge in [-0.15, -0.1) is 0 Å². The first-order valence-corrected chi connectivity index (χ1v) is 4.05. The van der Waals surface area contributed by atoms with Crippen LogP contribution in [-0.2, 0) is 0 Å². The molecule has 0 radical (unpaired) electrons. The van der Waals surface area contributed by atoms with Crippen LogP contribution in [0.5, 0.6) is 0 Å². The van der Waals surface area contributed by atoms with E-state index in [0.717, 1.165) is 6.20 Å². The smallest absolute Gasteiger partial charge is 0.284 e. The second-order valence-corrected chi connectivity index (χ2v) is 3.04. The van der Waals surface area contributed by atoms with Crippen LogP contribution in [0.3, 0.4) is 0 Å². The Hall–Kier alpha value is -0.980. The van der Waals surface area contributed by atoms with E-state index in [9.17, 15) is 22.4 Å². The van der Waals surface area contributed by atoms with Gasteiger partial charge < -0.3 is 0 Å². The molecule has 0 saturated carbocycles. The van der Waals surface area contributed by atoms with Crippen LogP contribution < -0.4 is 0 Å². The number of pyridine rings is 1. The third kappa shape index (κ3) is 2.09. The first-order chi connectivity index (χ1) is 6.34. The summed E-state index contributed by atoms with van der Waals surface area (Å²) in [5.74, 6) is -3.53. The molecule has 0 N–H and O–H groups in total. The average molecular weight is 272 g/mol. The van der Waals surface area contributed by atoms with Gasteiger partial charge in [-0.05, 0) is 22.0 Å². The van der Waals surface area contributed by atoms with Crippen LogP contribution in [0, 0.1) is 5.82 Å². The molecular weight excluding hydrogens is 270 g/mol. The molecular formula is C7H2BrF4NO. The predicted molar refractivity (Wildman–Crippen MR) is 42.3 cm³/mol. The van der Waals surface area contributed by atoms with Crippen molar-refractivity contribution < 1.29 is 22.4 Å². The highest BCUT2D eigenvalue weighted by molar-refractivity contribution is 9.10. The van der Waals surface area contributed by atoms with Crippen molar-refractivity contribution in [2.45, 2.75) is 6.18 Å². The second-order valence-electron chi connectivity index (χ2n) is 2.29. The number of rotatable bonds is 1. The van der Waals surface area contributed by atoms with Crippen molar-refractivity contribution in [3.8, 4) is 0 Å². The Kier molecular flexibility index (Phi) is 2.89. The van der Waals surface area contributed by atoms with Crippen molar-refractivity contribution in [2.24, 2.45) is 0 Å². The quantitative estimate of drug-likeness (QED) is 0.447. The molecule has 1 aromatic heterocycles. The third-order valence-corrected chi connectivity index (χ3v) is 1.90. The molecule has 0 aliphatic carbocycles. The minimum absolute atomic E-state index is 0.424. The maximum absolute atomic E-state index is 13.0. The SMILES string of the molecule is O=C(c1ccnc(Br)c1F)C(F)(F)F. The van der Waals surface area contributed by atoms with Gasteiger partial charge >= 0.3 is 6.18 Å². The summed E-state index contributed by atoms with van der Waals surface area (Å²) in [5, 5.41) is 0. The molecule has 0 atom stereocenters. The van der Waals surface area contributed by atoms with E-state index in [1.165, 1.54) is 0 Å². The molecule has 1 rings (SSSR count). The maximum Gasteiger partial charge on any atom is 0.454 e. The molecule has 0 spiro atoms. The Morgan fingerprint density at radius 3 is 2.50 bits per heavy atom. The number of hydrogen-bond donors (Lipinski definition) is 0. The van der Waals surface area contributed by atoms with Crippen LogP contribution in [0.25, 0.3) is 0 Å². The molecule has 14 heavy (non-hydrogen) atoms. The number of carbonyl (C=O) groups excluding carboxylic acids is 1. The van der Waals surface area contributed by atoms with Crippen LogP contribution in [0.2, 0.25) is 0 Å². The second kappa shape index (κ2) is 3.64. The summed E-state index contributed by atoms with van der Waals surface area (Å²) in [4.78, 5) is 14.0. The minimum Gasteiger partial charge on any atom is -0.284 e. The molecule has 2 nitrogen and oxygen atoms in total. The van der Waals surface area contributed by atoms with Gasteiger partial charge in [0, 0.05) is 6.20 Å². The minimum atomic E-state index is -5.08. The van der Waals surface area contributed by atoms with E-state index in [2.05, 4.69) is 20.9 Å². The first kappa shape index (κ1) is 11.1. The van der Waals surface area contributed by atoms with Crippen molar-refractivity contribution >= 4 is 21.7 Å². The maximum atomic E-state index is 13.0. The van der Waals surface area contributed by atoms with Crippen molar-refractivity contribution in [3.05, 3.63) is 28.2 Å². The van der Waals surface area contributed by atoms with E-state index < -0.39 is 27.9 Å². The monoisotopic (exact) mass is 271 g/mol. The largest absolute Gasteiger partial charge is 0.454 e. The highest BCUT2D eigenvalue weighted by Crippen LogP contribution is 2.25. The van der Waals surface area contributed by atoms with Crippen LogP contribution in [0.15, 0.2) is 16.9 Å². The zero-order valence-corrected chi connectivity index (χ0v) is 7.99. The lowest BCUT2D eigenvalue weighted by Gasteiger charge is -2.05. The highest BCUT2D eigenvalue weighted by atomic mass is 79.9. The average Bonchev–Trinajstić information content (AvgIpc) is 2.07. The van der Waals surface area contributed by atoms with Crippen LogP contribution in [0.4, 0.5) is 17.6 Å². The fourth-order valence-corrected chi connectivity index (χ4v) is 1.08. The van der Waals surface area contributed by atoms with Crippen molar-refractivity contribution in [1.82, 2.24) is 4.98 Å². The van der Waals surface area contributed by atoms with Gasteiger partial charge in [0.1, 0.15) is 4.60 Å². The fourth-order valence-electron chi connectivity index (χ4n) is 0.746. The van der Waals surface area contributed by atoms with Crippen LogP contribution in [-0.4, -0.2) is 16.9 Å². The van der Waals surface area contributed by atoms with E-state index in [1.807, 2.05) is 0 Å². The molecule has 7 heteroatoms. The van der Waals surface area contributed by atoms with E-state index in [4.69, 9.17) is 0 Å². The van der Waals surface area contributed by atoms with Crippen molar-refractivity contribution in [2.75, 3.05) is 0 Å². The molecule has 0 aliphatic heterocycles. The van der Waals surface area contributed by atoms with Gasteiger partial charge in [-0.3, -0.25) is 4.79 Å². The van der Waals surface area contributed by atoms with Crippen LogP contribution >= 0.6 is 15.9 Å². The number of aromatic nitrogens is 1. The highest BCUT2D eigenvalue weighted by Gasteiger charge is 2.41. The Labute approximate surface area is 84.1 Å². The van der Waals surface area contributed by atoms with E-state index in [-0.39, 0.29) is 0 Å². The summed E-state index contributed by atoms with van der Waals surface area (Å²) in [6.07, 6.45) is -4.17. The zero-order valence-electron chi connectivity index (χ0n) is 6.40. The number of Topliss-reactive ketones (excluding diaryl/α,β-unsaturated/α-hetero) is 1. The van der Waals surface area contributed by atoms with Crippen molar-refractivity contribution in [3.63, 3.8) is 0 Å². The molecule has 0 aliphatic rings. The fraction of sp³-hybridized carbons (Fsp3) is 0.143. The van der Waals surface area contributed by atoms with Gasteiger partial charge in [-0.2, -0.15) is 13.2 Å². The number of ketones is 1. The normalized spacial score (nSPS) is 11.5. The van der Waals surface area contributed by atoms with Gasteiger partial charge in [0.05, 0.1) is 5.56 Å². The molecule has 0 unspecified atom stereocenters. The van der Waals surface area contributed by atoms with Gasteiger partial charge in [-0.25, -0.2) is 9.37 Å². The van der Waals surface area contributed by atoms with Gasteiger partial charge in [0.2, 0.25) is 0 Å². The molecule has 0 amide bonds. The summed E-state index contributed by atoms with van der Waals surface area (Å²) in [6, 6.07) is 0.677. The molecule has 76 valence electrons. The molecule has 1 heterocycles. The van der Waals surface area contributed by atoms with E-state index in [0.29, 0.717) is 6.07 Å². The van der Waals surface area contributed by atoms with Gasteiger partial charge in [0.25, 0.3) is 5.78 Å². The number of alkyl halides is 3. The molecule has 0 saturated heterocycles. The first-order valence-electron chi connectivity index (χ1n) is 3.25. The van der Waals surface area contributed by atoms with E-state index in [1.54, 1.807) is 0 Å². The number of hydrogen-bond acceptors (Lipinski definition) is 2. The van der Waals surface area contributed by atoms with Gasteiger partial charge in [-0.1, -0.05) is 0 Å². The number of halogens is 5. The molecule has 0 fully saturated rings. The lowest BCUT2D eigenvalue weighted by atomic mass is 10.1. The predicted octanol–water partition coefficient (Wildman–Crippen LogP) is 2.73. The molecule has 1 aromatic rings. The third-order valence-electron chi connectivity index (χ3n) is 1.35. The zero-order chi connectivity index (χ0) is 10.9. The Morgan fingerprint density at radius 2 is 2.00 bits per heavy atom. The lowest BCUT2D eigenvalue weighted by molar-refractivity contribution is -0.0887. The molecule has 0 aromatic carbocycles. The Balaban J connectivity index is 3.21.